The van der Waals surface area contributed by atoms with Gasteiger partial charge in [0.25, 0.3) is 0 Å². The van der Waals surface area contributed by atoms with Crippen LogP contribution in [0.4, 0.5) is 0 Å². The van der Waals surface area contributed by atoms with E-state index in [1.165, 1.54) is 24.5 Å². The smallest absolute Gasteiger partial charge is 0.333 e. The number of amides is 1. The highest BCUT2D eigenvalue weighted by Gasteiger charge is 2.22. The van der Waals surface area contributed by atoms with Crippen molar-refractivity contribution < 1.29 is 14.3 Å². The molecule has 0 bridgehead atoms. The molecule has 0 saturated carbocycles. The predicted octanol–water partition coefficient (Wildman–Crippen LogP) is 2.50. The van der Waals surface area contributed by atoms with Gasteiger partial charge >= 0.3 is 5.97 Å². The van der Waals surface area contributed by atoms with Gasteiger partial charge in [0.15, 0.2) is 6.04 Å². The third kappa shape index (κ3) is 4.26. The summed E-state index contributed by atoms with van der Waals surface area (Å²) < 4.78 is 4.75. The molecule has 1 atom stereocenters. The maximum atomic E-state index is 12.0. The molecule has 0 radical (unpaired) electrons. The molecule has 22 heavy (non-hydrogen) atoms. The number of carbonyl (C=O) groups excluding carboxylic acids is 2. The molecule has 0 aliphatic heterocycles. The summed E-state index contributed by atoms with van der Waals surface area (Å²) in [4.78, 5) is 28.1. The van der Waals surface area contributed by atoms with Gasteiger partial charge in [-0.3, -0.25) is 4.79 Å². The van der Waals surface area contributed by atoms with Crippen LogP contribution in [0.25, 0.3) is 6.08 Å². The minimum Gasteiger partial charge on any atom is -0.467 e. The summed E-state index contributed by atoms with van der Waals surface area (Å²) in [5.41, 5.74) is 1.38. The first-order valence-electron chi connectivity index (χ1n) is 6.63. The van der Waals surface area contributed by atoms with Crippen molar-refractivity contribution in [3.05, 3.63) is 58.1 Å². The molecule has 1 heterocycles. The quantitative estimate of drug-likeness (QED) is 0.680. The Morgan fingerprint density at radius 3 is 2.64 bits per heavy atom. The normalized spacial score (nSPS) is 12.1. The first-order chi connectivity index (χ1) is 10.6. The number of benzene rings is 1. The molecule has 1 amide bonds. The maximum absolute atomic E-state index is 12.0. The van der Waals surface area contributed by atoms with E-state index in [9.17, 15) is 9.59 Å². The monoisotopic (exact) mass is 316 g/mol. The van der Waals surface area contributed by atoms with Crippen molar-refractivity contribution >= 4 is 29.3 Å². The molecule has 0 aliphatic rings. The number of rotatable bonds is 5. The van der Waals surface area contributed by atoms with Crippen LogP contribution in [0.2, 0.25) is 0 Å². The lowest BCUT2D eigenvalue weighted by molar-refractivity contribution is -0.144. The zero-order chi connectivity index (χ0) is 15.9. The van der Waals surface area contributed by atoms with Crippen molar-refractivity contribution in [2.75, 3.05) is 7.11 Å². The molecule has 1 N–H and O–H groups in total. The van der Waals surface area contributed by atoms with Gasteiger partial charge in [-0.15, -0.1) is 11.3 Å². The molecule has 1 unspecified atom stereocenters. The van der Waals surface area contributed by atoms with Crippen LogP contribution in [0.5, 0.6) is 0 Å². The Morgan fingerprint density at radius 1 is 1.32 bits per heavy atom. The molecule has 6 heteroatoms. The number of methoxy groups -OCH3 is 1. The number of nitrogens with zero attached hydrogens (tertiary/aromatic N) is 1. The minimum atomic E-state index is -0.833. The zero-order valence-corrected chi connectivity index (χ0v) is 13.1. The Kier molecular flexibility index (Phi) is 5.43. The van der Waals surface area contributed by atoms with Gasteiger partial charge in [-0.2, -0.15) is 0 Å². The van der Waals surface area contributed by atoms with Crippen molar-refractivity contribution in [2.45, 2.75) is 13.0 Å². The molecule has 114 valence electrons. The van der Waals surface area contributed by atoms with Gasteiger partial charge in [0, 0.05) is 11.5 Å². The van der Waals surface area contributed by atoms with E-state index in [2.05, 4.69) is 10.3 Å². The lowest BCUT2D eigenvalue weighted by Crippen LogP contribution is -2.33. The first-order valence-corrected chi connectivity index (χ1v) is 7.51. The summed E-state index contributed by atoms with van der Waals surface area (Å²) in [6, 6.07) is 8.12. The SMILES string of the molecule is COC(=O)C(NC(=O)/C=C/c1csc(C)n1)c1ccccc1. The van der Waals surface area contributed by atoms with Gasteiger partial charge in [-0.05, 0) is 18.6 Å². The van der Waals surface area contributed by atoms with Crippen LogP contribution in [0, 0.1) is 6.92 Å². The van der Waals surface area contributed by atoms with Crippen LogP contribution >= 0.6 is 11.3 Å². The second kappa shape index (κ2) is 7.51. The summed E-state index contributed by atoms with van der Waals surface area (Å²) in [6.45, 7) is 1.89. The molecule has 0 saturated heterocycles. The number of hydrogen-bond donors (Lipinski definition) is 1. The van der Waals surface area contributed by atoms with Gasteiger partial charge < -0.3 is 10.1 Å². The second-order valence-electron chi connectivity index (χ2n) is 4.50. The second-order valence-corrected chi connectivity index (χ2v) is 5.56. The minimum absolute atomic E-state index is 0.384. The summed E-state index contributed by atoms with van der Waals surface area (Å²) in [6.07, 6.45) is 2.96. The molecule has 2 aromatic rings. The van der Waals surface area contributed by atoms with Crippen LogP contribution in [-0.2, 0) is 14.3 Å². The third-order valence-electron chi connectivity index (χ3n) is 2.90. The summed E-state index contributed by atoms with van der Waals surface area (Å²) in [5.74, 6) is -0.901. The van der Waals surface area contributed by atoms with Crippen LogP contribution < -0.4 is 5.32 Å². The number of hydrogen-bond acceptors (Lipinski definition) is 5. The lowest BCUT2D eigenvalue weighted by atomic mass is 10.1. The Bertz CT molecular complexity index is 680. The maximum Gasteiger partial charge on any atom is 0.333 e. The Hall–Kier alpha value is -2.47. The van der Waals surface area contributed by atoms with E-state index in [1.54, 1.807) is 30.3 Å². The Morgan fingerprint density at radius 2 is 2.05 bits per heavy atom. The van der Waals surface area contributed by atoms with Crippen molar-refractivity contribution in [3.63, 3.8) is 0 Å². The number of thiazole rings is 1. The van der Waals surface area contributed by atoms with Gasteiger partial charge in [0.1, 0.15) is 0 Å². The fourth-order valence-electron chi connectivity index (χ4n) is 1.85. The fraction of sp³-hybridized carbons (Fsp3) is 0.188. The standard InChI is InChI=1S/C16H16N2O3S/c1-11-17-13(10-22-11)8-9-14(19)18-15(16(20)21-2)12-6-4-3-5-7-12/h3-10,15H,1-2H3,(H,18,19)/b9-8+. The number of aromatic nitrogens is 1. The van der Waals surface area contributed by atoms with Crippen molar-refractivity contribution in [1.29, 1.82) is 0 Å². The molecule has 0 fully saturated rings. The highest BCUT2D eigenvalue weighted by molar-refractivity contribution is 7.09. The Labute approximate surface area is 132 Å². The Balaban J connectivity index is 2.08. The first kappa shape index (κ1) is 15.9. The molecule has 1 aromatic heterocycles. The molecular weight excluding hydrogens is 300 g/mol. The summed E-state index contributed by atoms with van der Waals surface area (Å²) >= 11 is 1.51. The van der Waals surface area contributed by atoms with E-state index in [-0.39, 0.29) is 5.91 Å². The van der Waals surface area contributed by atoms with E-state index in [0.717, 1.165) is 5.01 Å². The molecular formula is C16H16N2O3S. The largest absolute Gasteiger partial charge is 0.467 e. The fourth-order valence-corrected chi connectivity index (χ4v) is 2.43. The van der Waals surface area contributed by atoms with E-state index in [0.29, 0.717) is 11.3 Å². The third-order valence-corrected chi connectivity index (χ3v) is 3.69. The van der Waals surface area contributed by atoms with Gasteiger partial charge in [0.05, 0.1) is 17.8 Å². The van der Waals surface area contributed by atoms with E-state index < -0.39 is 12.0 Å². The van der Waals surface area contributed by atoms with Crippen molar-refractivity contribution in [3.8, 4) is 0 Å². The molecule has 1 aromatic carbocycles. The molecule has 0 aliphatic carbocycles. The molecule has 0 spiro atoms. The summed E-state index contributed by atoms with van der Waals surface area (Å²) in [5, 5.41) is 5.42. The predicted molar refractivity (Wildman–Crippen MR) is 85.2 cm³/mol. The van der Waals surface area contributed by atoms with E-state index >= 15 is 0 Å². The highest BCUT2D eigenvalue weighted by atomic mass is 32.1. The lowest BCUT2D eigenvalue weighted by Gasteiger charge is -2.15. The topological polar surface area (TPSA) is 68.3 Å². The van der Waals surface area contributed by atoms with Gasteiger partial charge in [-0.25, -0.2) is 9.78 Å². The summed E-state index contributed by atoms with van der Waals surface area (Å²) in [7, 11) is 1.29. The number of ether oxygens (including phenoxy) is 1. The number of esters is 1. The highest BCUT2D eigenvalue weighted by Crippen LogP contribution is 2.14. The van der Waals surface area contributed by atoms with Crippen LogP contribution in [0.15, 0.2) is 41.8 Å². The number of nitrogens with one attached hydrogen (secondary N) is 1. The van der Waals surface area contributed by atoms with Crippen LogP contribution in [0.3, 0.4) is 0 Å². The molecule has 5 nitrogen and oxygen atoms in total. The average molecular weight is 316 g/mol. The average Bonchev–Trinajstić information content (AvgIpc) is 2.96. The van der Waals surface area contributed by atoms with Gasteiger partial charge in [-0.1, -0.05) is 30.3 Å². The van der Waals surface area contributed by atoms with E-state index in [1.807, 2.05) is 18.4 Å². The van der Waals surface area contributed by atoms with Crippen LogP contribution in [-0.4, -0.2) is 24.0 Å². The molecule has 2 rings (SSSR count). The zero-order valence-electron chi connectivity index (χ0n) is 12.3. The number of aryl methyl sites for hydroxylation is 1. The van der Waals surface area contributed by atoms with E-state index in [4.69, 9.17) is 4.74 Å². The number of carbonyl (C=O) groups is 2. The van der Waals surface area contributed by atoms with Crippen molar-refractivity contribution in [1.82, 2.24) is 10.3 Å². The van der Waals surface area contributed by atoms with Crippen LogP contribution in [0.1, 0.15) is 22.3 Å². The van der Waals surface area contributed by atoms with Crippen molar-refractivity contribution in [2.24, 2.45) is 0 Å². The van der Waals surface area contributed by atoms with Gasteiger partial charge in [0.2, 0.25) is 5.91 Å².